The number of allylic oxidation sites excluding steroid dienone is 1. The molecule has 1 aliphatic heterocycles. The fourth-order valence-corrected chi connectivity index (χ4v) is 4.59. The summed E-state index contributed by atoms with van der Waals surface area (Å²) in [5.41, 5.74) is 2.98. The number of rotatable bonds is 11. The van der Waals surface area contributed by atoms with Crippen LogP contribution in [0.1, 0.15) is 57.2 Å². The Hall–Kier alpha value is -3.26. The van der Waals surface area contributed by atoms with Crippen molar-refractivity contribution in [1.29, 1.82) is 0 Å². The maximum absolute atomic E-state index is 13.5. The smallest absolute Gasteiger partial charge is 0.338 e. The molecule has 8 heteroatoms. The van der Waals surface area contributed by atoms with E-state index >= 15 is 0 Å². The highest BCUT2D eigenvalue weighted by atomic mass is 32.2. The van der Waals surface area contributed by atoms with Gasteiger partial charge in [0.25, 0.3) is 0 Å². The van der Waals surface area contributed by atoms with Crippen LogP contribution in [0.2, 0.25) is 0 Å². The third-order valence-corrected chi connectivity index (χ3v) is 6.71. The van der Waals surface area contributed by atoms with Crippen molar-refractivity contribution in [3.05, 3.63) is 77.0 Å². The van der Waals surface area contributed by atoms with E-state index < -0.39 is 12.0 Å². The maximum atomic E-state index is 13.5. The second kappa shape index (κ2) is 11.9. The van der Waals surface area contributed by atoms with Gasteiger partial charge in [0.1, 0.15) is 18.4 Å². The van der Waals surface area contributed by atoms with Crippen LogP contribution in [-0.4, -0.2) is 33.1 Å². The summed E-state index contributed by atoms with van der Waals surface area (Å²) in [5, 5.41) is 8.73. The molecule has 2 aromatic carbocycles. The fourth-order valence-electron chi connectivity index (χ4n) is 3.90. The Morgan fingerprint density at radius 3 is 2.63 bits per heavy atom. The number of anilines is 1. The van der Waals surface area contributed by atoms with Gasteiger partial charge in [-0.3, -0.25) is 0 Å². The molecule has 1 N–H and O–H groups in total. The van der Waals surface area contributed by atoms with E-state index in [-0.39, 0.29) is 6.61 Å². The van der Waals surface area contributed by atoms with Crippen LogP contribution in [0.15, 0.2) is 71.0 Å². The third-order valence-electron chi connectivity index (χ3n) is 5.67. The van der Waals surface area contributed by atoms with Crippen LogP contribution in [-0.2, 0) is 16.1 Å². The number of benzene rings is 2. The summed E-state index contributed by atoms with van der Waals surface area (Å²) in [6.45, 7) is 6.94. The summed E-state index contributed by atoms with van der Waals surface area (Å²) in [5.74, 6) is 1.87. The quantitative estimate of drug-likeness (QED) is 0.200. The third kappa shape index (κ3) is 5.88. The minimum atomic E-state index is -0.518. The van der Waals surface area contributed by atoms with Crippen LogP contribution in [0.25, 0.3) is 0 Å². The highest BCUT2D eigenvalue weighted by molar-refractivity contribution is 7.99. The Balaban J connectivity index is 1.71. The lowest BCUT2D eigenvalue weighted by atomic mass is 9.95. The zero-order chi connectivity index (χ0) is 24.6. The van der Waals surface area contributed by atoms with Gasteiger partial charge >= 0.3 is 5.97 Å². The molecule has 184 valence electrons. The molecule has 2 heterocycles. The standard InChI is InChI=1S/C27H32N4O3S/c1-4-6-16-33-22-15-11-10-14-21(22)24-23(25(32)34-18-20-12-8-7-9-13-20)19(3)28-26-29-27(30-31(24)26)35-17-5-2/h7-15,24H,4-6,16-18H2,1-3H3,(H,28,29,30). The van der Waals surface area contributed by atoms with E-state index in [2.05, 4.69) is 24.1 Å². The lowest BCUT2D eigenvalue weighted by Gasteiger charge is -2.29. The van der Waals surface area contributed by atoms with Crippen LogP contribution < -0.4 is 10.1 Å². The van der Waals surface area contributed by atoms with Crippen molar-refractivity contribution in [2.45, 2.75) is 57.8 Å². The molecule has 0 fully saturated rings. The number of unbranched alkanes of at least 4 members (excludes halogenated alkanes) is 1. The first-order valence-corrected chi connectivity index (χ1v) is 13.1. The van der Waals surface area contributed by atoms with Gasteiger partial charge in [0.05, 0.1) is 12.2 Å². The van der Waals surface area contributed by atoms with Crippen molar-refractivity contribution in [2.24, 2.45) is 0 Å². The van der Waals surface area contributed by atoms with Crippen LogP contribution in [0.4, 0.5) is 5.95 Å². The summed E-state index contributed by atoms with van der Waals surface area (Å²) in [6, 6.07) is 17.0. The molecule has 3 aromatic rings. The average Bonchev–Trinajstić information content (AvgIpc) is 3.28. The van der Waals surface area contributed by atoms with Gasteiger partial charge < -0.3 is 14.8 Å². The Morgan fingerprint density at radius 2 is 1.86 bits per heavy atom. The SMILES string of the molecule is CCCCOc1ccccc1C1C(C(=O)OCc2ccccc2)=C(C)Nc2nc(SCCC)nn21. The largest absolute Gasteiger partial charge is 0.493 e. The number of hydrogen-bond donors (Lipinski definition) is 1. The van der Waals surface area contributed by atoms with Crippen molar-refractivity contribution in [3.8, 4) is 5.75 Å². The van der Waals surface area contributed by atoms with E-state index in [1.54, 1.807) is 16.4 Å². The lowest BCUT2D eigenvalue weighted by Crippen LogP contribution is -2.30. The topological polar surface area (TPSA) is 78.3 Å². The van der Waals surface area contributed by atoms with Gasteiger partial charge in [0.15, 0.2) is 0 Å². The number of carbonyl (C=O) groups is 1. The number of nitrogens with zero attached hydrogens (tertiary/aromatic N) is 3. The van der Waals surface area contributed by atoms with E-state index in [9.17, 15) is 4.79 Å². The normalized spacial score (nSPS) is 14.9. The lowest BCUT2D eigenvalue weighted by molar-refractivity contribution is -0.140. The van der Waals surface area contributed by atoms with Crippen LogP contribution >= 0.6 is 11.8 Å². The first-order valence-electron chi connectivity index (χ1n) is 12.1. The van der Waals surface area contributed by atoms with E-state index in [0.29, 0.717) is 29.0 Å². The number of para-hydroxylation sites is 1. The molecular weight excluding hydrogens is 460 g/mol. The highest BCUT2D eigenvalue weighted by Gasteiger charge is 2.36. The predicted octanol–water partition coefficient (Wildman–Crippen LogP) is 5.99. The van der Waals surface area contributed by atoms with Crippen LogP contribution in [0.3, 0.4) is 0 Å². The number of nitrogens with one attached hydrogen (secondary N) is 1. The zero-order valence-corrected chi connectivity index (χ0v) is 21.3. The number of thioether (sulfide) groups is 1. The molecule has 1 aromatic heterocycles. The molecule has 0 aliphatic carbocycles. The Bertz CT molecular complexity index is 1180. The molecule has 1 unspecified atom stereocenters. The van der Waals surface area contributed by atoms with Crippen molar-refractivity contribution in [1.82, 2.24) is 14.8 Å². The minimum Gasteiger partial charge on any atom is -0.493 e. The first-order chi connectivity index (χ1) is 17.1. The first kappa shape index (κ1) is 24.9. The van der Waals surface area contributed by atoms with E-state index in [0.717, 1.165) is 41.9 Å². The maximum Gasteiger partial charge on any atom is 0.338 e. The number of carbonyl (C=O) groups excluding carboxylic acids is 1. The average molecular weight is 493 g/mol. The predicted molar refractivity (Wildman–Crippen MR) is 139 cm³/mol. The molecule has 0 radical (unpaired) electrons. The van der Waals surface area contributed by atoms with Crippen molar-refractivity contribution in [3.63, 3.8) is 0 Å². The number of aromatic nitrogens is 3. The number of esters is 1. The van der Waals surface area contributed by atoms with Crippen molar-refractivity contribution in [2.75, 3.05) is 17.7 Å². The van der Waals surface area contributed by atoms with Gasteiger partial charge in [0, 0.05) is 17.0 Å². The molecule has 0 spiro atoms. The molecule has 0 amide bonds. The summed E-state index contributed by atoms with van der Waals surface area (Å²) >= 11 is 1.60. The van der Waals surface area contributed by atoms with Crippen LogP contribution in [0.5, 0.6) is 5.75 Å². The number of fused-ring (bicyclic) bond motifs is 1. The Labute approximate surface area is 210 Å². The van der Waals surface area contributed by atoms with Crippen molar-refractivity contribution >= 4 is 23.7 Å². The van der Waals surface area contributed by atoms with E-state index in [1.807, 2.05) is 61.5 Å². The van der Waals surface area contributed by atoms with E-state index in [4.69, 9.17) is 14.6 Å². The molecule has 1 aliphatic rings. The second-order valence-corrected chi connectivity index (χ2v) is 9.44. The Kier molecular flexibility index (Phi) is 8.47. The highest BCUT2D eigenvalue weighted by Crippen LogP contribution is 2.40. The van der Waals surface area contributed by atoms with Gasteiger partial charge in [-0.05, 0) is 31.4 Å². The molecule has 7 nitrogen and oxygen atoms in total. The summed E-state index contributed by atoms with van der Waals surface area (Å²) in [7, 11) is 0. The van der Waals surface area contributed by atoms with Gasteiger partial charge in [-0.25, -0.2) is 9.48 Å². The van der Waals surface area contributed by atoms with Crippen molar-refractivity contribution < 1.29 is 14.3 Å². The van der Waals surface area contributed by atoms with Gasteiger partial charge in [-0.15, -0.1) is 5.10 Å². The van der Waals surface area contributed by atoms with Crippen LogP contribution in [0, 0.1) is 0 Å². The molecule has 4 rings (SSSR count). The molecule has 0 bridgehead atoms. The molecule has 1 atom stereocenters. The number of ether oxygens (including phenoxy) is 2. The monoisotopic (exact) mass is 492 g/mol. The van der Waals surface area contributed by atoms with Gasteiger partial charge in [-0.1, -0.05) is 80.6 Å². The molecule has 0 saturated carbocycles. The van der Waals surface area contributed by atoms with Gasteiger partial charge in [0.2, 0.25) is 11.1 Å². The van der Waals surface area contributed by atoms with E-state index in [1.165, 1.54) is 0 Å². The minimum absolute atomic E-state index is 0.194. The molecule has 0 saturated heterocycles. The molecular formula is C27H32N4O3S. The summed E-state index contributed by atoms with van der Waals surface area (Å²) in [6.07, 6.45) is 3.01. The number of hydrogen-bond acceptors (Lipinski definition) is 7. The summed E-state index contributed by atoms with van der Waals surface area (Å²) in [4.78, 5) is 18.2. The zero-order valence-electron chi connectivity index (χ0n) is 20.5. The Morgan fingerprint density at radius 1 is 1.09 bits per heavy atom. The fraction of sp³-hybridized carbons (Fsp3) is 0.370. The summed E-state index contributed by atoms with van der Waals surface area (Å²) < 4.78 is 13.7. The second-order valence-electron chi connectivity index (χ2n) is 8.38. The van der Waals surface area contributed by atoms with Gasteiger partial charge in [-0.2, -0.15) is 4.98 Å². The molecule has 35 heavy (non-hydrogen) atoms.